The molecular formula is C20H32N2O4. The van der Waals surface area contributed by atoms with Crippen LogP contribution >= 0.6 is 0 Å². The Balaban J connectivity index is 0.000000197. The predicted octanol–water partition coefficient (Wildman–Crippen LogP) is 2.62. The molecular weight excluding hydrogens is 332 g/mol. The van der Waals surface area contributed by atoms with Gasteiger partial charge in [-0.05, 0) is 25.7 Å². The number of carbonyl (C=O) groups excluding carboxylic acids is 4. The van der Waals surface area contributed by atoms with Crippen molar-refractivity contribution in [3.63, 3.8) is 0 Å². The van der Waals surface area contributed by atoms with Gasteiger partial charge in [-0.3, -0.25) is 19.3 Å². The van der Waals surface area contributed by atoms with Crippen LogP contribution in [0.25, 0.3) is 0 Å². The third-order valence-corrected chi connectivity index (χ3v) is 5.09. The van der Waals surface area contributed by atoms with Crippen LogP contribution in [0, 0.1) is 11.8 Å². The molecule has 26 heavy (non-hydrogen) atoms. The summed E-state index contributed by atoms with van der Waals surface area (Å²) in [6, 6.07) is 0. The van der Waals surface area contributed by atoms with Gasteiger partial charge in [0, 0.05) is 38.1 Å². The minimum Gasteiger partial charge on any atom is -0.359 e. The van der Waals surface area contributed by atoms with Crippen molar-refractivity contribution >= 4 is 24.0 Å². The van der Waals surface area contributed by atoms with Gasteiger partial charge >= 0.3 is 0 Å². The first-order valence-electron chi connectivity index (χ1n) is 9.66. The fourth-order valence-electron chi connectivity index (χ4n) is 3.31. The first-order valence-corrected chi connectivity index (χ1v) is 9.66. The van der Waals surface area contributed by atoms with Crippen molar-refractivity contribution in [1.29, 1.82) is 0 Å². The number of nitrogens with one attached hydrogen (secondary N) is 1. The van der Waals surface area contributed by atoms with E-state index in [1.54, 1.807) is 7.05 Å². The van der Waals surface area contributed by atoms with E-state index in [1.807, 2.05) is 0 Å². The lowest BCUT2D eigenvalue weighted by molar-refractivity contribution is -0.135. The third-order valence-electron chi connectivity index (χ3n) is 5.09. The maximum Gasteiger partial charge on any atom is 0.253 e. The van der Waals surface area contributed by atoms with Gasteiger partial charge in [-0.25, -0.2) is 0 Å². The molecule has 0 spiro atoms. The monoisotopic (exact) mass is 364 g/mol. The smallest absolute Gasteiger partial charge is 0.253 e. The standard InChI is InChI=1S/C8H15NO.C7H12O.C5H5NO2/c1-9-8(10)7-5-3-2-4-6-7;8-6-7-4-2-1-3-5-7;1-6-4(7)2-3-5(6)8/h7H,2-6H2,1H3,(H,9,10);6-7H,1-5H2;2-3H,1H3. The van der Waals surface area contributed by atoms with Crippen LogP contribution in [0.2, 0.25) is 0 Å². The Morgan fingerprint density at radius 3 is 1.73 bits per heavy atom. The van der Waals surface area contributed by atoms with Gasteiger partial charge in [0.25, 0.3) is 11.8 Å². The molecule has 3 rings (SSSR count). The highest BCUT2D eigenvalue weighted by Crippen LogP contribution is 2.23. The number of nitrogens with zero attached hydrogens (tertiary/aromatic N) is 1. The fourth-order valence-corrected chi connectivity index (χ4v) is 3.31. The largest absolute Gasteiger partial charge is 0.359 e. The summed E-state index contributed by atoms with van der Waals surface area (Å²) in [4.78, 5) is 43.1. The number of likely N-dealkylation sites (N-methyl/N-ethyl adjacent to an activating group) is 1. The molecule has 0 aromatic rings. The van der Waals surface area contributed by atoms with Crippen molar-refractivity contribution in [3.8, 4) is 0 Å². The van der Waals surface area contributed by atoms with Crippen LogP contribution in [0.3, 0.4) is 0 Å². The molecule has 0 atom stereocenters. The Morgan fingerprint density at radius 2 is 1.42 bits per heavy atom. The number of rotatable bonds is 2. The number of hydrogen-bond donors (Lipinski definition) is 1. The summed E-state index contributed by atoms with van der Waals surface area (Å²) in [5.74, 6) is 0.479. The number of amides is 3. The molecule has 3 amide bonds. The van der Waals surface area contributed by atoms with E-state index in [-0.39, 0.29) is 17.7 Å². The summed E-state index contributed by atoms with van der Waals surface area (Å²) in [6.07, 6.45) is 15.7. The molecule has 1 aliphatic heterocycles. The molecule has 146 valence electrons. The molecule has 0 saturated heterocycles. The Hall–Kier alpha value is -1.98. The number of imide groups is 1. The minimum absolute atomic E-state index is 0.236. The van der Waals surface area contributed by atoms with E-state index in [0.29, 0.717) is 11.8 Å². The second-order valence-electron chi connectivity index (χ2n) is 7.05. The molecule has 1 N–H and O–H groups in total. The molecule has 0 unspecified atom stereocenters. The normalized spacial score (nSPS) is 20.6. The maximum absolute atomic E-state index is 11.1. The van der Waals surface area contributed by atoms with Crippen LogP contribution in [-0.2, 0) is 19.2 Å². The van der Waals surface area contributed by atoms with Gasteiger partial charge in [0.2, 0.25) is 5.91 Å². The first-order chi connectivity index (χ1) is 12.5. The Morgan fingerprint density at radius 1 is 0.962 bits per heavy atom. The van der Waals surface area contributed by atoms with E-state index >= 15 is 0 Å². The van der Waals surface area contributed by atoms with E-state index in [2.05, 4.69) is 5.32 Å². The summed E-state index contributed by atoms with van der Waals surface area (Å²) in [6.45, 7) is 0. The van der Waals surface area contributed by atoms with Gasteiger partial charge in [0.1, 0.15) is 6.29 Å². The average Bonchev–Trinajstić information content (AvgIpc) is 3.00. The number of aldehydes is 1. The molecule has 2 saturated carbocycles. The van der Waals surface area contributed by atoms with Crippen LogP contribution in [-0.4, -0.2) is 43.0 Å². The maximum atomic E-state index is 11.1. The summed E-state index contributed by atoms with van der Waals surface area (Å²) in [7, 11) is 3.17. The van der Waals surface area contributed by atoms with Gasteiger partial charge in [-0.1, -0.05) is 38.5 Å². The molecule has 6 heteroatoms. The minimum atomic E-state index is -0.241. The van der Waals surface area contributed by atoms with E-state index < -0.39 is 0 Å². The number of hydrogen-bond acceptors (Lipinski definition) is 4. The average molecular weight is 364 g/mol. The molecule has 3 aliphatic rings. The lowest BCUT2D eigenvalue weighted by atomic mass is 9.89. The zero-order valence-electron chi connectivity index (χ0n) is 16.0. The van der Waals surface area contributed by atoms with Gasteiger partial charge in [0.05, 0.1) is 0 Å². The molecule has 1 heterocycles. The Bertz CT molecular complexity index is 486. The zero-order valence-corrected chi connectivity index (χ0v) is 16.0. The van der Waals surface area contributed by atoms with E-state index in [0.717, 1.165) is 36.9 Å². The summed E-state index contributed by atoms with van der Waals surface area (Å²) < 4.78 is 0. The molecule has 0 radical (unpaired) electrons. The highest BCUT2D eigenvalue weighted by Gasteiger charge is 2.19. The van der Waals surface area contributed by atoms with Crippen LogP contribution < -0.4 is 5.32 Å². The Kier molecular flexibility index (Phi) is 10.5. The summed E-state index contributed by atoms with van der Waals surface area (Å²) in [5, 5.41) is 2.70. The zero-order chi connectivity index (χ0) is 19.4. The third kappa shape index (κ3) is 7.93. The predicted molar refractivity (Wildman–Crippen MR) is 100 cm³/mol. The van der Waals surface area contributed by atoms with Gasteiger partial charge in [-0.15, -0.1) is 0 Å². The highest BCUT2D eigenvalue weighted by atomic mass is 16.2. The first kappa shape index (κ1) is 22.1. The van der Waals surface area contributed by atoms with Gasteiger partial charge in [-0.2, -0.15) is 0 Å². The van der Waals surface area contributed by atoms with Crippen molar-refractivity contribution < 1.29 is 19.2 Å². The van der Waals surface area contributed by atoms with Crippen molar-refractivity contribution in [2.45, 2.75) is 64.2 Å². The van der Waals surface area contributed by atoms with Crippen molar-refractivity contribution in [1.82, 2.24) is 10.2 Å². The lowest BCUT2D eigenvalue weighted by Crippen LogP contribution is -2.28. The lowest BCUT2D eigenvalue weighted by Gasteiger charge is -2.19. The van der Waals surface area contributed by atoms with Crippen LogP contribution in [0.15, 0.2) is 12.2 Å². The topological polar surface area (TPSA) is 83.6 Å². The van der Waals surface area contributed by atoms with E-state index in [1.165, 1.54) is 57.7 Å². The second-order valence-corrected chi connectivity index (χ2v) is 7.05. The molecule has 0 bridgehead atoms. The highest BCUT2D eigenvalue weighted by molar-refractivity contribution is 6.12. The molecule has 2 aliphatic carbocycles. The molecule has 6 nitrogen and oxygen atoms in total. The van der Waals surface area contributed by atoms with Crippen LogP contribution in [0.4, 0.5) is 0 Å². The molecule has 2 fully saturated rings. The Labute approximate surface area is 156 Å². The molecule has 0 aromatic carbocycles. The molecule has 0 aromatic heterocycles. The number of carbonyl (C=O) groups is 4. The summed E-state index contributed by atoms with van der Waals surface area (Å²) >= 11 is 0. The fraction of sp³-hybridized carbons (Fsp3) is 0.700. The quantitative estimate of drug-likeness (QED) is 0.603. The van der Waals surface area contributed by atoms with Crippen molar-refractivity contribution in [2.75, 3.05) is 14.1 Å². The van der Waals surface area contributed by atoms with E-state index in [4.69, 9.17) is 0 Å². The van der Waals surface area contributed by atoms with Gasteiger partial charge < -0.3 is 10.1 Å². The van der Waals surface area contributed by atoms with Crippen molar-refractivity contribution in [2.24, 2.45) is 11.8 Å². The summed E-state index contributed by atoms with van der Waals surface area (Å²) in [5.41, 5.74) is 0. The van der Waals surface area contributed by atoms with Crippen LogP contribution in [0.1, 0.15) is 64.2 Å². The second kappa shape index (κ2) is 12.4. The van der Waals surface area contributed by atoms with Crippen LogP contribution in [0.5, 0.6) is 0 Å². The SMILES string of the molecule is CN1C(=O)C=CC1=O.CNC(=O)C1CCCCC1.O=CC1CCCCC1. The van der Waals surface area contributed by atoms with Gasteiger partial charge in [0.15, 0.2) is 0 Å². The van der Waals surface area contributed by atoms with Crippen molar-refractivity contribution in [3.05, 3.63) is 12.2 Å². The van der Waals surface area contributed by atoms with E-state index in [9.17, 15) is 19.2 Å².